The number of nitrogens with zero attached hydrogens (tertiary/aromatic N) is 1. The standard InChI is InChI=1S/C19H22FN3O3S/c1-23-18(19(24)21-12-11-14-5-3-2-4-6-14)13-17(22-27(23,25)26)15-7-9-16(20)10-8-15/h2-10,17-18,22H,11-13H2,1H3,(H,21,24)/t17-,18+/m0/s1. The van der Waals surface area contributed by atoms with E-state index in [1.165, 1.54) is 31.3 Å². The number of hydrogen-bond acceptors (Lipinski definition) is 3. The SMILES string of the molecule is CN1[C@@H](C(=O)NCCc2ccccc2)C[C@@H](c2ccc(F)cc2)NS1(=O)=O. The Morgan fingerprint density at radius 1 is 1.19 bits per heavy atom. The first-order chi connectivity index (χ1) is 12.9. The second-order valence-electron chi connectivity index (χ2n) is 6.52. The van der Waals surface area contributed by atoms with Crippen LogP contribution in [0.1, 0.15) is 23.6 Å². The maximum absolute atomic E-state index is 13.1. The molecule has 0 bridgehead atoms. The van der Waals surface area contributed by atoms with E-state index < -0.39 is 28.1 Å². The van der Waals surface area contributed by atoms with Crippen LogP contribution in [-0.4, -0.2) is 38.3 Å². The number of rotatable bonds is 5. The highest BCUT2D eigenvalue weighted by atomic mass is 32.2. The van der Waals surface area contributed by atoms with E-state index in [0.717, 1.165) is 9.87 Å². The van der Waals surface area contributed by atoms with Crippen LogP contribution in [0.25, 0.3) is 0 Å². The molecule has 8 heteroatoms. The van der Waals surface area contributed by atoms with Crippen LogP contribution in [0, 0.1) is 5.82 Å². The van der Waals surface area contributed by atoms with E-state index in [4.69, 9.17) is 0 Å². The third kappa shape index (κ3) is 4.71. The maximum Gasteiger partial charge on any atom is 0.280 e. The lowest BCUT2D eigenvalue weighted by atomic mass is 9.99. The summed E-state index contributed by atoms with van der Waals surface area (Å²) in [5, 5.41) is 2.82. The zero-order valence-electron chi connectivity index (χ0n) is 14.9. The normalized spacial score (nSPS) is 22.3. The summed E-state index contributed by atoms with van der Waals surface area (Å²) in [5.74, 6) is -0.740. The highest BCUT2D eigenvalue weighted by Crippen LogP contribution is 2.27. The van der Waals surface area contributed by atoms with E-state index in [1.54, 1.807) is 0 Å². The molecule has 1 fully saturated rings. The van der Waals surface area contributed by atoms with Gasteiger partial charge in [-0.2, -0.15) is 17.4 Å². The van der Waals surface area contributed by atoms with Crippen molar-refractivity contribution >= 4 is 16.1 Å². The van der Waals surface area contributed by atoms with Gasteiger partial charge in [-0.15, -0.1) is 0 Å². The monoisotopic (exact) mass is 391 g/mol. The van der Waals surface area contributed by atoms with Crippen molar-refractivity contribution in [1.82, 2.24) is 14.3 Å². The molecule has 0 radical (unpaired) electrons. The Labute approximate surface area is 158 Å². The van der Waals surface area contributed by atoms with Gasteiger partial charge in [-0.25, -0.2) is 4.39 Å². The highest BCUT2D eigenvalue weighted by molar-refractivity contribution is 7.87. The van der Waals surface area contributed by atoms with Crippen LogP contribution < -0.4 is 10.0 Å². The van der Waals surface area contributed by atoms with Gasteiger partial charge in [0.25, 0.3) is 10.2 Å². The summed E-state index contributed by atoms with van der Waals surface area (Å²) in [6, 6.07) is 13.9. The van der Waals surface area contributed by atoms with Gasteiger partial charge in [0.15, 0.2) is 0 Å². The van der Waals surface area contributed by atoms with E-state index in [0.29, 0.717) is 18.5 Å². The minimum atomic E-state index is -3.81. The van der Waals surface area contributed by atoms with E-state index in [-0.39, 0.29) is 12.3 Å². The first-order valence-corrected chi connectivity index (χ1v) is 10.1. The molecule has 0 spiro atoms. The molecule has 3 rings (SSSR count). The number of carbonyl (C=O) groups is 1. The summed E-state index contributed by atoms with van der Waals surface area (Å²) in [6.45, 7) is 0.419. The van der Waals surface area contributed by atoms with Gasteiger partial charge in [-0.3, -0.25) is 4.79 Å². The smallest absolute Gasteiger partial charge is 0.280 e. The Balaban J connectivity index is 1.68. The molecule has 2 N–H and O–H groups in total. The van der Waals surface area contributed by atoms with Crippen LogP contribution in [0.4, 0.5) is 4.39 Å². The molecule has 6 nitrogen and oxygen atoms in total. The van der Waals surface area contributed by atoms with Crippen LogP contribution in [-0.2, 0) is 21.4 Å². The summed E-state index contributed by atoms with van der Waals surface area (Å²) < 4.78 is 41.5. The van der Waals surface area contributed by atoms with Gasteiger partial charge < -0.3 is 5.32 Å². The van der Waals surface area contributed by atoms with Crippen molar-refractivity contribution in [2.45, 2.75) is 24.9 Å². The molecule has 144 valence electrons. The van der Waals surface area contributed by atoms with Gasteiger partial charge in [-0.1, -0.05) is 42.5 Å². The number of halogens is 1. The fourth-order valence-corrected chi connectivity index (χ4v) is 4.39. The Bertz CT molecular complexity index is 888. The topological polar surface area (TPSA) is 78.5 Å². The summed E-state index contributed by atoms with van der Waals surface area (Å²) in [4.78, 5) is 12.6. The van der Waals surface area contributed by atoms with E-state index in [1.807, 2.05) is 30.3 Å². The Morgan fingerprint density at radius 2 is 1.85 bits per heavy atom. The van der Waals surface area contributed by atoms with Crippen molar-refractivity contribution in [3.8, 4) is 0 Å². The molecular formula is C19H22FN3O3S. The molecule has 0 aromatic heterocycles. The molecule has 1 heterocycles. The third-order valence-corrected chi connectivity index (χ3v) is 6.29. The van der Waals surface area contributed by atoms with Gasteiger partial charge in [0.05, 0.1) is 0 Å². The molecule has 0 saturated carbocycles. The maximum atomic E-state index is 13.1. The van der Waals surface area contributed by atoms with Crippen molar-refractivity contribution in [3.63, 3.8) is 0 Å². The van der Waals surface area contributed by atoms with Crippen molar-refractivity contribution < 1.29 is 17.6 Å². The number of hydrogen-bond donors (Lipinski definition) is 2. The summed E-state index contributed by atoms with van der Waals surface area (Å²) >= 11 is 0. The summed E-state index contributed by atoms with van der Waals surface area (Å²) in [7, 11) is -2.43. The quantitative estimate of drug-likeness (QED) is 0.815. The van der Waals surface area contributed by atoms with Gasteiger partial charge in [0, 0.05) is 19.6 Å². The lowest BCUT2D eigenvalue weighted by Crippen LogP contribution is -2.57. The first-order valence-electron chi connectivity index (χ1n) is 8.69. The molecule has 2 aromatic rings. The molecular weight excluding hydrogens is 369 g/mol. The summed E-state index contributed by atoms with van der Waals surface area (Å²) in [6.07, 6.45) is 0.925. The molecule has 2 atom stereocenters. The first kappa shape index (κ1) is 19.5. The molecule has 1 saturated heterocycles. The predicted octanol–water partition coefficient (Wildman–Crippen LogP) is 1.76. The molecule has 27 heavy (non-hydrogen) atoms. The lowest BCUT2D eigenvalue weighted by molar-refractivity contribution is -0.125. The largest absolute Gasteiger partial charge is 0.354 e. The molecule has 1 aliphatic rings. The number of carbonyl (C=O) groups excluding carboxylic acids is 1. The summed E-state index contributed by atoms with van der Waals surface area (Å²) in [5.41, 5.74) is 1.71. The van der Waals surface area contributed by atoms with Gasteiger partial charge >= 0.3 is 0 Å². The van der Waals surface area contributed by atoms with Crippen LogP contribution in [0.2, 0.25) is 0 Å². The predicted molar refractivity (Wildman–Crippen MR) is 101 cm³/mol. The average Bonchev–Trinajstić information content (AvgIpc) is 2.65. The minimum Gasteiger partial charge on any atom is -0.354 e. The second kappa shape index (κ2) is 8.16. The fourth-order valence-electron chi connectivity index (χ4n) is 3.11. The third-order valence-electron chi connectivity index (χ3n) is 4.70. The van der Waals surface area contributed by atoms with E-state index in [9.17, 15) is 17.6 Å². The van der Waals surface area contributed by atoms with E-state index in [2.05, 4.69) is 10.0 Å². The lowest BCUT2D eigenvalue weighted by Gasteiger charge is -2.36. The zero-order chi connectivity index (χ0) is 19.4. The van der Waals surface area contributed by atoms with Gasteiger partial charge in [-0.05, 0) is 36.1 Å². The van der Waals surface area contributed by atoms with Crippen LogP contribution in [0.15, 0.2) is 54.6 Å². The molecule has 0 unspecified atom stereocenters. The highest BCUT2D eigenvalue weighted by Gasteiger charge is 2.40. The number of nitrogens with one attached hydrogen (secondary N) is 2. The Kier molecular flexibility index (Phi) is 5.88. The van der Waals surface area contributed by atoms with Crippen molar-refractivity contribution in [3.05, 3.63) is 71.5 Å². The van der Waals surface area contributed by atoms with Crippen LogP contribution in [0.5, 0.6) is 0 Å². The second-order valence-corrected chi connectivity index (χ2v) is 8.28. The average molecular weight is 391 g/mol. The minimum absolute atomic E-state index is 0.262. The van der Waals surface area contributed by atoms with E-state index >= 15 is 0 Å². The van der Waals surface area contributed by atoms with Gasteiger partial charge in [0.2, 0.25) is 5.91 Å². The fraction of sp³-hybridized carbons (Fsp3) is 0.316. The Morgan fingerprint density at radius 3 is 2.52 bits per heavy atom. The van der Waals surface area contributed by atoms with Crippen molar-refractivity contribution in [1.29, 1.82) is 0 Å². The van der Waals surface area contributed by atoms with Gasteiger partial charge in [0.1, 0.15) is 11.9 Å². The molecule has 0 aliphatic carbocycles. The van der Waals surface area contributed by atoms with Crippen molar-refractivity contribution in [2.75, 3.05) is 13.6 Å². The molecule has 1 amide bonds. The molecule has 2 aromatic carbocycles. The van der Waals surface area contributed by atoms with Crippen molar-refractivity contribution in [2.24, 2.45) is 0 Å². The molecule has 1 aliphatic heterocycles. The Hall–Kier alpha value is -2.29. The van der Waals surface area contributed by atoms with Crippen LogP contribution in [0.3, 0.4) is 0 Å². The number of likely N-dealkylation sites (N-methyl/N-ethyl adjacent to an activating group) is 1. The zero-order valence-corrected chi connectivity index (χ0v) is 15.7. The van der Waals surface area contributed by atoms with Crippen LogP contribution >= 0.6 is 0 Å². The number of amides is 1. The number of benzene rings is 2.